The number of hydrogen-bond donors (Lipinski definition) is 1. The standard InChI is InChI=1S/C15H13N3O2S/c1-9-2-4-10(5-3-9)11-7-21-14-13(11)17-8-18(15(14)20)6-12(16)19/h2-5,7-8H,6H2,1H3,(H2,16,19). The molecule has 0 saturated carbocycles. The molecule has 1 aromatic carbocycles. The van der Waals surface area contributed by atoms with Crippen LogP contribution in [-0.2, 0) is 11.3 Å². The molecular weight excluding hydrogens is 286 g/mol. The fourth-order valence-electron chi connectivity index (χ4n) is 2.16. The van der Waals surface area contributed by atoms with Crippen LogP contribution in [0.2, 0.25) is 0 Å². The minimum atomic E-state index is -0.562. The van der Waals surface area contributed by atoms with Crippen LogP contribution in [0.3, 0.4) is 0 Å². The van der Waals surface area contributed by atoms with Gasteiger partial charge in [0.2, 0.25) is 5.91 Å². The summed E-state index contributed by atoms with van der Waals surface area (Å²) in [6.45, 7) is 1.87. The van der Waals surface area contributed by atoms with E-state index in [1.54, 1.807) is 0 Å². The lowest BCUT2D eigenvalue weighted by atomic mass is 10.1. The first kappa shape index (κ1) is 13.5. The summed E-state index contributed by atoms with van der Waals surface area (Å²) in [5.41, 5.74) is 8.68. The minimum absolute atomic E-state index is 0.153. The molecular formula is C15H13N3O2S. The average Bonchev–Trinajstić information content (AvgIpc) is 2.87. The molecule has 21 heavy (non-hydrogen) atoms. The van der Waals surface area contributed by atoms with Crippen molar-refractivity contribution in [3.05, 3.63) is 51.9 Å². The topological polar surface area (TPSA) is 78.0 Å². The van der Waals surface area contributed by atoms with Gasteiger partial charge in [-0.25, -0.2) is 4.98 Å². The Morgan fingerprint density at radius 2 is 2.05 bits per heavy atom. The Hall–Kier alpha value is -2.47. The molecule has 3 rings (SSSR count). The first-order valence-corrected chi connectivity index (χ1v) is 7.26. The number of nitrogens with two attached hydrogens (primary N) is 1. The Kier molecular flexibility index (Phi) is 3.31. The van der Waals surface area contributed by atoms with Crippen molar-refractivity contribution in [1.29, 1.82) is 0 Å². The van der Waals surface area contributed by atoms with Crippen LogP contribution in [0.25, 0.3) is 21.3 Å². The van der Waals surface area contributed by atoms with Gasteiger partial charge >= 0.3 is 0 Å². The molecule has 0 aliphatic heterocycles. The van der Waals surface area contributed by atoms with E-state index in [1.807, 2.05) is 36.6 Å². The highest BCUT2D eigenvalue weighted by Gasteiger charge is 2.13. The molecule has 2 heterocycles. The molecule has 6 heteroatoms. The second-order valence-electron chi connectivity index (χ2n) is 4.84. The van der Waals surface area contributed by atoms with Gasteiger partial charge in [-0.3, -0.25) is 14.2 Å². The van der Waals surface area contributed by atoms with Crippen LogP contribution in [0.15, 0.2) is 40.8 Å². The zero-order valence-corrected chi connectivity index (χ0v) is 12.2. The van der Waals surface area contributed by atoms with Gasteiger partial charge in [-0.15, -0.1) is 11.3 Å². The van der Waals surface area contributed by atoms with Gasteiger partial charge in [-0.2, -0.15) is 0 Å². The summed E-state index contributed by atoms with van der Waals surface area (Å²) in [7, 11) is 0. The summed E-state index contributed by atoms with van der Waals surface area (Å²) >= 11 is 1.33. The minimum Gasteiger partial charge on any atom is -0.368 e. The third-order valence-corrected chi connectivity index (χ3v) is 4.19. The largest absolute Gasteiger partial charge is 0.368 e. The number of rotatable bonds is 3. The highest BCUT2D eigenvalue weighted by Crippen LogP contribution is 2.30. The third-order valence-electron chi connectivity index (χ3n) is 3.23. The van der Waals surface area contributed by atoms with Crippen molar-refractivity contribution >= 4 is 27.5 Å². The van der Waals surface area contributed by atoms with Gasteiger partial charge in [0, 0.05) is 10.9 Å². The van der Waals surface area contributed by atoms with E-state index in [0.717, 1.165) is 11.1 Å². The van der Waals surface area contributed by atoms with E-state index >= 15 is 0 Å². The molecule has 2 N–H and O–H groups in total. The van der Waals surface area contributed by atoms with E-state index < -0.39 is 5.91 Å². The number of aryl methyl sites for hydroxylation is 1. The molecule has 0 radical (unpaired) electrons. The Labute approximate surface area is 124 Å². The first-order chi connectivity index (χ1) is 10.1. The van der Waals surface area contributed by atoms with E-state index in [1.165, 1.54) is 27.8 Å². The fourth-order valence-corrected chi connectivity index (χ4v) is 3.14. The Morgan fingerprint density at radius 1 is 1.33 bits per heavy atom. The fraction of sp³-hybridized carbons (Fsp3) is 0.133. The maximum atomic E-state index is 12.3. The normalized spacial score (nSPS) is 10.9. The van der Waals surface area contributed by atoms with Gasteiger partial charge in [0.1, 0.15) is 11.2 Å². The van der Waals surface area contributed by atoms with E-state index in [2.05, 4.69) is 4.98 Å². The summed E-state index contributed by atoms with van der Waals surface area (Å²) < 4.78 is 1.77. The van der Waals surface area contributed by atoms with Crippen LogP contribution in [0.4, 0.5) is 0 Å². The smallest absolute Gasteiger partial charge is 0.271 e. The molecule has 0 saturated heterocycles. The number of primary amides is 1. The quantitative estimate of drug-likeness (QED) is 0.802. The zero-order chi connectivity index (χ0) is 15.0. The van der Waals surface area contributed by atoms with E-state index in [-0.39, 0.29) is 12.1 Å². The third kappa shape index (κ3) is 2.45. The molecule has 0 bridgehead atoms. The molecule has 5 nitrogen and oxygen atoms in total. The van der Waals surface area contributed by atoms with Crippen molar-refractivity contribution in [2.24, 2.45) is 5.73 Å². The molecule has 1 amide bonds. The number of aromatic nitrogens is 2. The molecule has 0 unspecified atom stereocenters. The maximum absolute atomic E-state index is 12.3. The highest BCUT2D eigenvalue weighted by molar-refractivity contribution is 7.17. The number of benzene rings is 1. The van der Waals surface area contributed by atoms with Gasteiger partial charge in [-0.05, 0) is 12.5 Å². The van der Waals surface area contributed by atoms with Crippen molar-refractivity contribution in [2.75, 3.05) is 0 Å². The van der Waals surface area contributed by atoms with Crippen LogP contribution >= 0.6 is 11.3 Å². The van der Waals surface area contributed by atoms with Gasteiger partial charge in [0.25, 0.3) is 5.56 Å². The summed E-state index contributed by atoms with van der Waals surface area (Å²) in [6, 6.07) is 8.06. The molecule has 2 aromatic heterocycles. The Morgan fingerprint density at radius 3 is 2.71 bits per heavy atom. The maximum Gasteiger partial charge on any atom is 0.271 e. The number of thiophene rings is 1. The number of hydrogen-bond acceptors (Lipinski definition) is 4. The van der Waals surface area contributed by atoms with E-state index in [0.29, 0.717) is 10.2 Å². The van der Waals surface area contributed by atoms with E-state index in [9.17, 15) is 9.59 Å². The van der Waals surface area contributed by atoms with Gasteiger partial charge in [-0.1, -0.05) is 29.8 Å². The highest BCUT2D eigenvalue weighted by atomic mass is 32.1. The van der Waals surface area contributed by atoms with Crippen molar-refractivity contribution < 1.29 is 4.79 Å². The number of fused-ring (bicyclic) bond motifs is 1. The van der Waals surface area contributed by atoms with Gasteiger partial charge < -0.3 is 5.73 Å². The number of carbonyl (C=O) groups excluding carboxylic acids is 1. The number of nitrogens with zero attached hydrogens (tertiary/aromatic N) is 2. The lowest BCUT2D eigenvalue weighted by molar-refractivity contribution is -0.118. The monoisotopic (exact) mass is 299 g/mol. The summed E-state index contributed by atoms with van der Waals surface area (Å²) in [6.07, 6.45) is 1.37. The second kappa shape index (κ2) is 5.14. The van der Waals surface area contributed by atoms with Crippen molar-refractivity contribution in [3.63, 3.8) is 0 Å². The predicted octanol–water partition coefficient (Wildman–Crippen LogP) is 1.92. The first-order valence-electron chi connectivity index (χ1n) is 6.38. The van der Waals surface area contributed by atoms with Gasteiger partial charge in [0.15, 0.2) is 0 Å². The SMILES string of the molecule is Cc1ccc(-c2csc3c(=O)n(CC(N)=O)cnc23)cc1. The zero-order valence-electron chi connectivity index (χ0n) is 11.4. The molecule has 0 atom stereocenters. The van der Waals surface area contributed by atoms with Crippen LogP contribution in [0.5, 0.6) is 0 Å². The molecule has 106 valence electrons. The van der Waals surface area contributed by atoms with Crippen molar-refractivity contribution in [3.8, 4) is 11.1 Å². The summed E-state index contributed by atoms with van der Waals surface area (Å²) in [5, 5.41) is 1.92. The predicted molar refractivity (Wildman–Crippen MR) is 83.2 cm³/mol. The average molecular weight is 299 g/mol. The molecule has 0 spiro atoms. The number of carbonyl (C=O) groups is 1. The van der Waals surface area contributed by atoms with Crippen LogP contribution in [0, 0.1) is 6.92 Å². The van der Waals surface area contributed by atoms with E-state index in [4.69, 9.17) is 5.73 Å². The van der Waals surface area contributed by atoms with Crippen LogP contribution in [-0.4, -0.2) is 15.5 Å². The van der Waals surface area contributed by atoms with Crippen molar-refractivity contribution in [2.45, 2.75) is 13.5 Å². The number of amides is 1. The molecule has 0 aliphatic carbocycles. The second-order valence-corrected chi connectivity index (χ2v) is 5.72. The van der Waals surface area contributed by atoms with Gasteiger partial charge in [0.05, 0.1) is 11.8 Å². The van der Waals surface area contributed by atoms with Crippen molar-refractivity contribution in [1.82, 2.24) is 9.55 Å². The molecule has 0 aliphatic rings. The van der Waals surface area contributed by atoms with Crippen LogP contribution < -0.4 is 11.3 Å². The summed E-state index contributed by atoms with van der Waals surface area (Å²) in [4.78, 5) is 27.6. The molecule has 0 fully saturated rings. The lowest BCUT2D eigenvalue weighted by Crippen LogP contribution is -2.27. The summed E-state index contributed by atoms with van der Waals surface area (Å²) in [5.74, 6) is -0.562. The molecule has 3 aromatic rings. The Bertz CT molecular complexity index is 878. The lowest BCUT2D eigenvalue weighted by Gasteiger charge is -2.03. The van der Waals surface area contributed by atoms with Crippen LogP contribution in [0.1, 0.15) is 5.56 Å². The Balaban J connectivity index is 2.15.